The first-order valence-corrected chi connectivity index (χ1v) is 5.15. The second-order valence-electron chi connectivity index (χ2n) is 2.79. The molecule has 1 atom stereocenters. The highest BCUT2D eigenvalue weighted by Crippen LogP contribution is 2.05. The standard InChI is InChI=1S/C9H12IN3/c1-3-4-7(2)13-9-11-5-8(10)6-12-9/h3,5-7H,1,4H2,2H3,(H,11,12,13). The molecule has 1 aromatic rings. The molecule has 0 bridgehead atoms. The van der Waals surface area contributed by atoms with Crippen molar-refractivity contribution in [3.63, 3.8) is 0 Å². The predicted molar refractivity (Wildman–Crippen MR) is 62.6 cm³/mol. The molecule has 0 amide bonds. The van der Waals surface area contributed by atoms with Gasteiger partial charge in [0.1, 0.15) is 0 Å². The summed E-state index contributed by atoms with van der Waals surface area (Å²) in [7, 11) is 0. The van der Waals surface area contributed by atoms with Gasteiger partial charge < -0.3 is 5.32 Å². The lowest BCUT2D eigenvalue weighted by atomic mass is 10.2. The molecule has 0 spiro atoms. The summed E-state index contributed by atoms with van der Waals surface area (Å²) in [6.45, 7) is 5.75. The first-order valence-electron chi connectivity index (χ1n) is 4.07. The van der Waals surface area contributed by atoms with Gasteiger partial charge in [-0.15, -0.1) is 6.58 Å². The maximum atomic E-state index is 4.14. The van der Waals surface area contributed by atoms with E-state index in [4.69, 9.17) is 0 Å². The van der Waals surface area contributed by atoms with Gasteiger partial charge in [-0.3, -0.25) is 0 Å². The third-order valence-electron chi connectivity index (χ3n) is 1.52. The Hall–Kier alpha value is -0.650. The number of nitrogens with zero attached hydrogens (tertiary/aromatic N) is 2. The van der Waals surface area contributed by atoms with Gasteiger partial charge in [-0.25, -0.2) is 9.97 Å². The molecule has 70 valence electrons. The zero-order chi connectivity index (χ0) is 9.68. The van der Waals surface area contributed by atoms with Gasteiger partial charge in [-0.2, -0.15) is 0 Å². The average Bonchev–Trinajstić information content (AvgIpc) is 2.09. The highest BCUT2D eigenvalue weighted by Gasteiger charge is 2.00. The van der Waals surface area contributed by atoms with Crippen LogP contribution in [0.4, 0.5) is 5.95 Å². The monoisotopic (exact) mass is 289 g/mol. The van der Waals surface area contributed by atoms with E-state index in [1.807, 2.05) is 6.08 Å². The molecule has 4 heteroatoms. The molecule has 0 radical (unpaired) electrons. The number of rotatable bonds is 4. The lowest BCUT2D eigenvalue weighted by molar-refractivity contribution is 0.798. The summed E-state index contributed by atoms with van der Waals surface area (Å²) in [6.07, 6.45) is 6.37. The number of anilines is 1. The molecular weight excluding hydrogens is 277 g/mol. The first kappa shape index (κ1) is 10.4. The first-order chi connectivity index (χ1) is 6.22. The van der Waals surface area contributed by atoms with Crippen molar-refractivity contribution in [2.24, 2.45) is 0 Å². The summed E-state index contributed by atoms with van der Waals surface area (Å²) in [5, 5.41) is 3.17. The maximum absolute atomic E-state index is 4.14. The van der Waals surface area contributed by atoms with E-state index in [1.54, 1.807) is 12.4 Å². The van der Waals surface area contributed by atoms with E-state index in [9.17, 15) is 0 Å². The molecule has 0 aliphatic carbocycles. The summed E-state index contributed by atoms with van der Waals surface area (Å²) >= 11 is 2.18. The zero-order valence-electron chi connectivity index (χ0n) is 7.50. The van der Waals surface area contributed by atoms with E-state index in [2.05, 4.69) is 51.4 Å². The predicted octanol–water partition coefficient (Wildman–Crippen LogP) is 2.46. The van der Waals surface area contributed by atoms with E-state index < -0.39 is 0 Å². The van der Waals surface area contributed by atoms with Gasteiger partial charge in [-0.1, -0.05) is 6.08 Å². The Kier molecular flexibility index (Phi) is 4.14. The van der Waals surface area contributed by atoms with Crippen molar-refractivity contribution in [2.45, 2.75) is 19.4 Å². The Morgan fingerprint density at radius 3 is 2.77 bits per heavy atom. The second kappa shape index (κ2) is 5.16. The van der Waals surface area contributed by atoms with Crippen molar-refractivity contribution in [3.8, 4) is 0 Å². The molecule has 1 rings (SSSR count). The Morgan fingerprint density at radius 1 is 1.62 bits per heavy atom. The minimum absolute atomic E-state index is 0.331. The highest BCUT2D eigenvalue weighted by molar-refractivity contribution is 14.1. The molecule has 0 saturated heterocycles. The van der Waals surface area contributed by atoms with Gasteiger partial charge in [-0.05, 0) is 35.9 Å². The van der Waals surface area contributed by atoms with Crippen molar-refractivity contribution in [2.75, 3.05) is 5.32 Å². The van der Waals surface area contributed by atoms with E-state index >= 15 is 0 Å². The van der Waals surface area contributed by atoms with E-state index in [0.29, 0.717) is 12.0 Å². The van der Waals surface area contributed by atoms with Crippen molar-refractivity contribution in [3.05, 3.63) is 28.6 Å². The third kappa shape index (κ3) is 3.71. The molecular formula is C9H12IN3. The summed E-state index contributed by atoms with van der Waals surface area (Å²) in [5.74, 6) is 0.676. The molecule has 0 aliphatic heterocycles. The molecule has 0 fully saturated rings. The molecule has 1 N–H and O–H groups in total. The van der Waals surface area contributed by atoms with Crippen LogP contribution in [0.25, 0.3) is 0 Å². The molecule has 1 heterocycles. The van der Waals surface area contributed by atoms with Gasteiger partial charge in [0, 0.05) is 22.0 Å². The number of hydrogen-bond donors (Lipinski definition) is 1. The third-order valence-corrected chi connectivity index (χ3v) is 2.07. The van der Waals surface area contributed by atoms with Crippen LogP contribution in [-0.2, 0) is 0 Å². The number of halogens is 1. The van der Waals surface area contributed by atoms with Crippen LogP contribution in [0.3, 0.4) is 0 Å². The van der Waals surface area contributed by atoms with Gasteiger partial charge in [0.25, 0.3) is 0 Å². The highest BCUT2D eigenvalue weighted by atomic mass is 127. The van der Waals surface area contributed by atoms with Crippen LogP contribution in [-0.4, -0.2) is 16.0 Å². The fraction of sp³-hybridized carbons (Fsp3) is 0.333. The van der Waals surface area contributed by atoms with Gasteiger partial charge in [0.15, 0.2) is 0 Å². The normalized spacial score (nSPS) is 12.2. The SMILES string of the molecule is C=CCC(C)Nc1ncc(I)cn1. The van der Waals surface area contributed by atoms with Gasteiger partial charge in [0.2, 0.25) is 5.95 Å². The lowest BCUT2D eigenvalue weighted by Crippen LogP contribution is -2.15. The van der Waals surface area contributed by atoms with E-state index in [0.717, 1.165) is 9.99 Å². The van der Waals surface area contributed by atoms with Crippen molar-refractivity contribution in [1.82, 2.24) is 9.97 Å². The quantitative estimate of drug-likeness (QED) is 0.683. The van der Waals surface area contributed by atoms with Crippen LogP contribution in [0.2, 0.25) is 0 Å². The minimum atomic E-state index is 0.331. The number of aromatic nitrogens is 2. The molecule has 1 unspecified atom stereocenters. The van der Waals surface area contributed by atoms with Crippen LogP contribution in [0, 0.1) is 3.57 Å². The molecule has 3 nitrogen and oxygen atoms in total. The Bertz CT molecular complexity index is 271. The van der Waals surface area contributed by atoms with E-state index in [-0.39, 0.29) is 0 Å². The van der Waals surface area contributed by atoms with Crippen LogP contribution in [0.1, 0.15) is 13.3 Å². The van der Waals surface area contributed by atoms with Gasteiger partial charge >= 0.3 is 0 Å². The summed E-state index contributed by atoms with van der Waals surface area (Å²) in [4.78, 5) is 8.27. The van der Waals surface area contributed by atoms with E-state index in [1.165, 1.54) is 0 Å². The Morgan fingerprint density at radius 2 is 2.23 bits per heavy atom. The number of nitrogens with one attached hydrogen (secondary N) is 1. The van der Waals surface area contributed by atoms with Crippen molar-refractivity contribution in [1.29, 1.82) is 0 Å². The van der Waals surface area contributed by atoms with Crippen LogP contribution < -0.4 is 5.32 Å². The average molecular weight is 289 g/mol. The minimum Gasteiger partial charge on any atom is -0.351 e. The smallest absolute Gasteiger partial charge is 0.222 e. The summed E-state index contributed by atoms with van der Waals surface area (Å²) in [5.41, 5.74) is 0. The molecule has 0 saturated carbocycles. The maximum Gasteiger partial charge on any atom is 0.222 e. The van der Waals surface area contributed by atoms with Crippen molar-refractivity contribution >= 4 is 28.5 Å². The molecule has 1 aromatic heterocycles. The topological polar surface area (TPSA) is 37.8 Å². The van der Waals surface area contributed by atoms with Crippen LogP contribution in [0.15, 0.2) is 25.0 Å². The lowest BCUT2D eigenvalue weighted by Gasteiger charge is -2.10. The summed E-state index contributed by atoms with van der Waals surface area (Å²) < 4.78 is 1.04. The Balaban J connectivity index is 2.53. The molecule has 0 aromatic carbocycles. The zero-order valence-corrected chi connectivity index (χ0v) is 9.65. The van der Waals surface area contributed by atoms with Crippen molar-refractivity contribution < 1.29 is 0 Å². The van der Waals surface area contributed by atoms with Gasteiger partial charge in [0.05, 0.1) is 0 Å². The molecule has 13 heavy (non-hydrogen) atoms. The fourth-order valence-electron chi connectivity index (χ4n) is 0.916. The summed E-state index contributed by atoms with van der Waals surface area (Å²) in [6, 6.07) is 0.331. The number of hydrogen-bond acceptors (Lipinski definition) is 3. The van der Waals surface area contributed by atoms with Crippen LogP contribution in [0.5, 0.6) is 0 Å². The largest absolute Gasteiger partial charge is 0.351 e. The van der Waals surface area contributed by atoms with Crippen LogP contribution >= 0.6 is 22.6 Å². The second-order valence-corrected chi connectivity index (χ2v) is 4.04. The fourth-order valence-corrected chi connectivity index (χ4v) is 1.19. The Labute approximate surface area is 91.8 Å². The molecule has 0 aliphatic rings.